The van der Waals surface area contributed by atoms with E-state index in [0.717, 1.165) is 18.0 Å². The smallest absolute Gasteiger partial charge is 0.123 e. The van der Waals surface area contributed by atoms with Crippen LogP contribution in [-0.4, -0.2) is 11.0 Å². The molecule has 106 valence electrons. The van der Waals surface area contributed by atoms with Crippen molar-refractivity contribution < 1.29 is 0 Å². The van der Waals surface area contributed by atoms with Gasteiger partial charge in [-0.05, 0) is 24.8 Å². The molecule has 0 amide bonds. The average molecular weight is 286 g/mol. The van der Waals surface area contributed by atoms with E-state index < -0.39 is 0 Å². The summed E-state index contributed by atoms with van der Waals surface area (Å²) < 4.78 is 0. The van der Waals surface area contributed by atoms with E-state index in [2.05, 4.69) is 41.9 Å². The second-order valence-electron chi connectivity index (χ2n) is 5.56. The van der Waals surface area contributed by atoms with Gasteiger partial charge in [-0.3, -0.25) is 0 Å². The van der Waals surface area contributed by atoms with Crippen molar-refractivity contribution >= 4 is 11.3 Å². The second-order valence-corrected chi connectivity index (χ2v) is 6.41. The number of hydrogen-bond donors (Lipinski definition) is 1. The van der Waals surface area contributed by atoms with Crippen LogP contribution in [0.4, 0.5) is 0 Å². The zero-order valence-electron chi connectivity index (χ0n) is 12.1. The summed E-state index contributed by atoms with van der Waals surface area (Å²) in [5.41, 5.74) is 3.80. The third-order valence-corrected chi connectivity index (χ3v) is 5.03. The first-order chi connectivity index (χ1) is 9.85. The Kier molecular flexibility index (Phi) is 4.48. The molecular formula is C17H22N2S. The lowest BCUT2D eigenvalue weighted by Crippen LogP contribution is -2.25. The highest BCUT2D eigenvalue weighted by atomic mass is 32.1. The highest BCUT2D eigenvalue weighted by molar-refractivity contribution is 7.13. The van der Waals surface area contributed by atoms with Gasteiger partial charge >= 0.3 is 0 Å². The van der Waals surface area contributed by atoms with Crippen LogP contribution < -0.4 is 5.32 Å². The van der Waals surface area contributed by atoms with Crippen molar-refractivity contribution in [3.05, 3.63) is 40.9 Å². The molecule has 20 heavy (non-hydrogen) atoms. The maximum absolute atomic E-state index is 4.75. The first-order valence-electron chi connectivity index (χ1n) is 7.62. The Morgan fingerprint density at radius 1 is 1.20 bits per heavy atom. The molecule has 2 aromatic rings. The molecule has 1 fully saturated rings. The van der Waals surface area contributed by atoms with Crippen molar-refractivity contribution in [2.75, 3.05) is 0 Å². The summed E-state index contributed by atoms with van der Waals surface area (Å²) in [6.45, 7) is 3.10. The third-order valence-electron chi connectivity index (χ3n) is 4.09. The van der Waals surface area contributed by atoms with Gasteiger partial charge in [0.05, 0.1) is 5.69 Å². The highest BCUT2D eigenvalue weighted by Crippen LogP contribution is 2.24. The molecule has 0 radical (unpaired) electrons. The Bertz CT molecular complexity index is 538. The summed E-state index contributed by atoms with van der Waals surface area (Å²) >= 11 is 1.75. The highest BCUT2D eigenvalue weighted by Gasteiger charge is 2.14. The standard InChI is InChI=1S/C17H22N2S/c1-2-13-7-9-14(10-8-13)17-19-16(12-20-17)11-18-15-5-3-4-6-15/h7-10,12,15,18H,2-6,11H2,1H3. The number of nitrogens with zero attached hydrogens (tertiary/aromatic N) is 1. The number of hydrogen-bond acceptors (Lipinski definition) is 3. The molecule has 1 aliphatic carbocycles. The van der Waals surface area contributed by atoms with E-state index in [1.165, 1.54) is 42.5 Å². The molecule has 0 bridgehead atoms. The van der Waals surface area contributed by atoms with Gasteiger partial charge in [-0.25, -0.2) is 4.98 Å². The molecule has 1 aromatic carbocycles. The molecular weight excluding hydrogens is 264 g/mol. The minimum Gasteiger partial charge on any atom is -0.308 e. The molecule has 0 unspecified atom stereocenters. The number of benzene rings is 1. The second kappa shape index (κ2) is 6.51. The Labute approximate surface area is 125 Å². The molecule has 0 spiro atoms. The maximum atomic E-state index is 4.75. The molecule has 1 heterocycles. The lowest BCUT2D eigenvalue weighted by atomic mass is 10.1. The molecule has 1 N–H and O–H groups in total. The van der Waals surface area contributed by atoms with Gasteiger partial charge in [0.2, 0.25) is 0 Å². The largest absolute Gasteiger partial charge is 0.308 e. The maximum Gasteiger partial charge on any atom is 0.123 e. The quantitative estimate of drug-likeness (QED) is 0.881. The van der Waals surface area contributed by atoms with Crippen LogP contribution in [0.1, 0.15) is 43.9 Å². The Balaban J connectivity index is 1.62. The molecule has 0 saturated heterocycles. The summed E-state index contributed by atoms with van der Waals surface area (Å²) in [4.78, 5) is 4.75. The van der Waals surface area contributed by atoms with Crippen LogP contribution in [0.15, 0.2) is 29.6 Å². The third kappa shape index (κ3) is 3.28. The molecule has 3 rings (SSSR count). The molecule has 1 saturated carbocycles. The fourth-order valence-electron chi connectivity index (χ4n) is 2.78. The predicted molar refractivity (Wildman–Crippen MR) is 86.0 cm³/mol. The normalized spacial score (nSPS) is 15.8. The van der Waals surface area contributed by atoms with Crippen molar-refractivity contribution in [1.29, 1.82) is 0 Å². The first-order valence-corrected chi connectivity index (χ1v) is 8.50. The molecule has 2 nitrogen and oxygen atoms in total. The molecule has 0 aliphatic heterocycles. The summed E-state index contributed by atoms with van der Waals surface area (Å²) in [6.07, 6.45) is 6.51. The Hall–Kier alpha value is -1.19. The SMILES string of the molecule is CCc1ccc(-c2nc(CNC3CCCC3)cs2)cc1. The number of nitrogens with one attached hydrogen (secondary N) is 1. The van der Waals surface area contributed by atoms with E-state index in [-0.39, 0.29) is 0 Å². The van der Waals surface area contributed by atoms with E-state index in [0.29, 0.717) is 6.04 Å². The van der Waals surface area contributed by atoms with E-state index in [4.69, 9.17) is 4.98 Å². The van der Waals surface area contributed by atoms with Crippen LogP contribution in [0.5, 0.6) is 0 Å². The van der Waals surface area contributed by atoms with Crippen molar-refractivity contribution in [3.63, 3.8) is 0 Å². The van der Waals surface area contributed by atoms with Crippen LogP contribution >= 0.6 is 11.3 Å². The van der Waals surface area contributed by atoms with Gasteiger partial charge in [-0.1, -0.05) is 44.0 Å². The van der Waals surface area contributed by atoms with Gasteiger partial charge < -0.3 is 5.32 Å². The number of thiazole rings is 1. The van der Waals surface area contributed by atoms with Gasteiger partial charge in [-0.15, -0.1) is 11.3 Å². The van der Waals surface area contributed by atoms with Crippen molar-refractivity contribution in [1.82, 2.24) is 10.3 Å². The topological polar surface area (TPSA) is 24.9 Å². The fraction of sp³-hybridized carbons (Fsp3) is 0.471. The fourth-order valence-corrected chi connectivity index (χ4v) is 3.61. The van der Waals surface area contributed by atoms with Crippen molar-refractivity contribution in [2.24, 2.45) is 0 Å². The predicted octanol–water partition coefficient (Wildman–Crippen LogP) is 4.40. The van der Waals surface area contributed by atoms with Crippen LogP contribution in [0.2, 0.25) is 0 Å². The zero-order valence-corrected chi connectivity index (χ0v) is 12.9. The van der Waals surface area contributed by atoms with Gasteiger partial charge in [0.15, 0.2) is 0 Å². The summed E-state index contributed by atoms with van der Waals surface area (Å²) in [5, 5.41) is 6.95. The lowest BCUT2D eigenvalue weighted by Gasteiger charge is -2.09. The van der Waals surface area contributed by atoms with Gasteiger partial charge in [-0.2, -0.15) is 0 Å². The summed E-state index contributed by atoms with van der Waals surface area (Å²) in [6, 6.07) is 9.49. The lowest BCUT2D eigenvalue weighted by molar-refractivity contribution is 0.520. The van der Waals surface area contributed by atoms with E-state index in [9.17, 15) is 0 Å². The van der Waals surface area contributed by atoms with Gasteiger partial charge in [0.25, 0.3) is 0 Å². The Morgan fingerprint density at radius 3 is 2.65 bits per heavy atom. The number of aromatic nitrogens is 1. The zero-order chi connectivity index (χ0) is 13.8. The van der Waals surface area contributed by atoms with Crippen molar-refractivity contribution in [3.8, 4) is 10.6 Å². The minimum atomic E-state index is 0.712. The van der Waals surface area contributed by atoms with E-state index >= 15 is 0 Å². The summed E-state index contributed by atoms with van der Waals surface area (Å²) in [5.74, 6) is 0. The number of aryl methyl sites for hydroxylation is 1. The number of rotatable bonds is 5. The van der Waals surface area contributed by atoms with Crippen LogP contribution in [0, 0.1) is 0 Å². The van der Waals surface area contributed by atoms with Crippen molar-refractivity contribution in [2.45, 2.75) is 51.6 Å². The van der Waals surface area contributed by atoms with Crippen LogP contribution in [-0.2, 0) is 13.0 Å². The van der Waals surface area contributed by atoms with E-state index in [1.807, 2.05) is 0 Å². The van der Waals surface area contributed by atoms with Gasteiger partial charge in [0.1, 0.15) is 5.01 Å². The van der Waals surface area contributed by atoms with Gasteiger partial charge in [0, 0.05) is 23.5 Å². The minimum absolute atomic E-state index is 0.712. The average Bonchev–Trinajstić information content (AvgIpc) is 3.17. The monoisotopic (exact) mass is 286 g/mol. The molecule has 0 atom stereocenters. The molecule has 1 aromatic heterocycles. The first kappa shape index (κ1) is 13.8. The van der Waals surface area contributed by atoms with Crippen LogP contribution in [0.3, 0.4) is 0 Å². The summed E-state index contributed by atoms with van der Waals surface area (Å²) in [7, 11) is 0. The Morgan fingerprint density at radius 2 is 1.95 bits per heavy atom. The molecule has 3 heteroatoms. The van der Waals surface area contributed by atoms with Crippen LogP contribution in [0.25, 0.3) is 10.6 Å². The molecule has 1 aliphatic rings. The van der Waals surface area contributed by atoms with E-state index in [1.54, 1.807) is 11.3 Å².